The number of benzene rings is 3. The fourth-order valence-corrected chi connectivity index (χ4v) is 3.70. The second-order valence-electron chi connectivity index (χ2n) is 6.71. The van der Waals surface area contributed by atoms with Crippen molar-refractivity contribution in [2.45, 2.75) is 13.5 Å². The normalized spacial score (nSPS) is 10.8. The SMILES string of the molecule is CCOc1cc(/C=N\NC(=O)c2cccc(OC)c2)c(Br)cc1OCc1ccc(Cl)cc1Cl. The summed E-state index contributed by atoms with van der Waals surface area (Å²) in [6.07, 6.45) is 1.52. The summed E-state index contributed by atoms with van der Waals surface area (Å²) in [7, 11) is 1.54. The first-order valence-electron chi connectivity index (χ1n) is 9.91. The van der Waals surface area contributed by atoms with Crippen LogP contribution in [-0.4, -0.2) is 25.8 Å². The van der Waals surface area contributed by atoms with Gasteiger partial charge in [-0.2, -0.15) is 5.10 Å². The number of hydrazone groups is 1. The Hall–Kier alpha value is -2.74. The number of hydrogen-bond donors (Lipinski definition) is 1. The number of methoxy groups -OCH3 is 1. The molecule has 0 radical (unpaired) electrons. The Kier molecular flexibility index (Phi) is 9.00. The number of nitrogens with one attached hydrogen (secondary N) is 1. The molecule has 3 aromatic rings. The van der Waals surface area contributed by atoms with Crippen molar-refractivity contribution in [1.29, 1.82) is 0 Å². The maximum atomic E-state index is 12.3. The molecule has 0 aliphatic heterocycles. The number of nitrogens with zero attached hydrogens (tertiary/aromatic N) is 1. The quantitative estimate of drug-likeness (QED) is 0.243. The van der Waals surface area contributed by atoms with Crippen LogP contribution in [0.5, 0.6) is 17.2 Å². The van der Waals surface area contributed by atoms with Gasteiger partial charge in [-0.15, -0.1) is 0 Å². The van der Waals surface area contributed by atoms with E-state index < -0.39 is 0 Å². The highest BCUT2D eigenvalue weighted by atomic mass is 79.9. The van der Waals surface area contributed by atoms with Gasteiger partial charge in [0, 0.05) is 31.2 Å². The summed E-state index contributed by atoms with van der Waals surface area (Å²) in [4.78, 5) is 12.3. The molecule has 0 aromatic heterocycles. The van der Waals surface area contributed by atoms with Crippen LogP contribution in [0.4, 0.5) is 0 Å². The third-order valence-electron chi connectivity index (χ3n) is 4.46. The molecule has 9 heteroatoms. The summed E-state index contributed by atoms with van der Waals surface area (Å²) in [5.74, 6) is 1.30. The highest BCUT2D eigenvalue weighted by molar-refractivity contribution is 9.10. The van der Waals surface area contributed by atoms with Gasteiger partial charge in [0.15, 0.2) is 11.5 Å². The number of rotatable bonds is 9. The summed E-state index contributed by atoms with van der Waals surface area (Å²) in [5.41, 5.74) is 4.43. The molecule has 0 spiro atoms. The molecular formula is C24H21BrCl2N2O4. The second-order valence-corrected chi connectivity index (χ2v) is 8.41. The summed E-state index contributed by atoms with van der Waals surface area (Å²) < 4.78 is 17.5. The molecule has 3 rings (SSSR count). The zero-order chi connectivity index (χ0) is 23.8. The van der Waals surface area contributed by atoms with E-state index >= 15 is 0 Å². The van der Waals surface area contributed by atoms with Crippen LogP contribution in [0.3, 0.4) is 0 Å². The smallest absolute Gasteiger partial charge is 0.271 e. The van der Waals surface area contributed by atoms with Crippen LogP contribution < -0.4 is 19.6 Å². The van der Waals surface area contributed by atoms with Gasteiger partial charge in [0.1, 0.15) is 12.4 Å². The van der Waals surface area contributed by atoms with Crippen LogP contribution in [-0.2, 0) is 6.61 Å². The van der Waals surface area contributed by atoms with Gasteiger partial charge >= 0.3 is 0 Å². The minimum Gasteiger partial charge on any atom is -0.497 e. The molecule has 0 bridgehead atoms. The Balaban J connectivity index is 1.73. The lowest BCUT2D eigenvalue weighted by molar-refractivity contribution is 0.0955. The fourth-order valence-electron chi connectivity index (χ4n) is 2.81. The highest BCUT2D eigenvalue weighted by Gasteiger charge is 2.12. The first kappa shape index (κ1) is 24.9. The lowest BCUT2D eigenvalue weighted by Gasteiger charge is -2.14. The average molecular weight is 552 g/mol. The van der Waals surface area contributed by atoms with Gasteiger partial charge in [0.05, 0.1) is 19.9 Å². The van der Waals surface area contributed by atoms with Gasteiger partial charge < -0.3 is 14.2 Å². The Morgan fingerprint density at radius 2 is 1.88 bits per heavy atom. The van der Waals surface area contributed by atoms with E-state index in [1.807, 2.05) is 13.0 Å². The molecule has 172 valence electrons. The monoisotopic (exact) mass is 550 g/mol. The van der Waals surface area contributed by atoms with E-state index in [2.05, 4.69) is 26.5 Å². The molecule has 1 amide bonds. The molecule has 1 N–H and O–H groups in total. The molecule has 0 aliphatic carbocycles. The van der Waals surface area contributed by atoms with Gasteiger partial charge in [-0.1, -0.05) is 35.3 Å². The predicted octanol–water partition coefficient (Wildman–Crippen LogP) is 6.51. The number of carbonyl (C=O) groups is 1. The van der Waals surface area contributed by atoms with Crippen LogP contribution in [0, 0.1) is 0 Å². The van der Waals surface area contributed by atoms with Crippen molar-refractivity contribution >= 4 is 51.3 Å². The number of hydrogen-bond acceptors (Lipinski definition) is 5. The zero-order valence-corrected chi connectivity index (χ0v) is 21.0. The Morgan fingerprint density at radius 3 is 2.61 bits per heavy atom. The van der Waals surface area contributed by atoms with Crippen molar-refractivity contribution in [3.63, 3.8) is 0 Å². The number of amides is 1. The number of carbonyl (C=O) groups excluding carboxylic acids is 1. The van der Waals surface area contributed by atoms with Crippen molar-refractivity contribution in [1.82, 2.24) is 5.43 Å². The van der Waals surface area contributed by atoms with E-state index in [-0.39, 0.29) is 12.5 Å². The van der Waals surface area contributed by atoms with Crippen LogP contribution in [0.1, 0.15) is 28.4 Å². The largest absolute Gasteiger partial charge is 0.497 e. The number of halogens is 3. The molecule has 0 unspecified atom stereocenters. The molecule has 0 saturated carbocycles. The van der Waals surface area contributed by atoms with Crippen molar-refractivity contribution in [2.75, 3.05) is 13.7 Å². The van der Waals surface area contributed by atoms with Crippen LogP contribution in [0.2, 0.25) is 10.0 Å². The maximum Gasteiger partial charge on any atom is 0.271 e. The van der Waals surface area contributed by atoms with E-state index in [1.54, 1.807) is 55.6 Å². The summed E-state index contributed by atoms with van der Waals surface area (Å²) in [5, 5.41) is 5.14. The molecule has 0 saturated heterocycles. The van der Waals surface area contributed by atoms with Crippen LogP contribution in [0.25, 0.3) is 0 Å². The third kappa shape index (κ3) is 6.87. The van der Waals surface area contributed by atoms with Crippen molar-refractivity contribution in [3.8, 4) is 17.2 Å². The van der Waals surface area contributed by atoms with Crippen LogP contribution >= 0.6 is 39.1 Å². The predicted molar refractivity (Wildman–Crippen MR) is 134 cm³/mol. The maximum absolute atomic E-state index is 12.3. The van der Waals surface area contributed by atoms with Gasteiger partial charge in [-0.3, -0.25) is 4.79 Å². The minimum absolute atomic E-state index is 0.243. The Labute approximate surface area is 210 Å². The van der Waals surface area contributed by atoms with E-state index in [0.717, 1.165) is 5.56 Å². The van der Waals surface area contributed by atoms with Crippen molar-refractivity contribution in [3.05, 3.63) is 85.8 Å². The molecule has 0 fully saturated rings. The Morgan fingerprint density at radius 1 is 1.09 bits per heavy atom. The summed E-state index contributed by atoms with van der Waals surface area (Å²) >= 11 is 15.7. The van der Waals surface area contributed by atoms with Gasteiger partial charge in [-0.25, -0.2) is 5.43 Å². The lowest BCUT2D eigenvalue weighted by atomic mass is 10.2. The van der Waals surface area contributed by atoms with E-state index in [4.69, 9.17) is 37.4 Å². The molecule has 3 aromatic carbocycles. The fraction of sp³-hybridized carbons (Fsp3) is 0.167. The van der Waals surface area contributed by atoms with Gasteiger partial charge in [-0.05, 0) is 65.3 Å². The third-order valence-corrected chi connectivity index (χ3v) is 5.74. The van der Waals surface area contributed by atoms with E-state index in [9.17, 15) is 4.79 Å². The molecule has 0 heterocycles. The van der Waals surface area contributed by atoms with Gasteiger partial charge in [0.25, 0.3) is 5.91 Å². The standard InChI is InChI=1S/C24H21BrCl2N2O4/c1-3-32-22-10-17(13-28-29-24(30)15-5-4-6-19(9-15)31-2)20(25)12-23(22)33-14-16-7-8-18(26)11-21(16)27/h4-13H,3,14H2,1-2H3,(H,29,30)/b28-13-. The molecule has 6 nitrogen and oxygen atoms in total. The summed E-state index contributed by atoms with van der Waals surface area (Å²) in [6.45, 7) is 2.57. The Bertz CT molecular complexity index is 1170. The van der Waals surface area contributed by atoms with Crippen LogP contribution in [0.15, 0.2) is 64.2 Å². The summed E-state index contributed by atoms with van der Waals surface area (Å²) in [6, 6.07) is 15.6. The molecular weight excluding hydrogens is 531 g/mol. The molecule has 0 aliphatic rings. The molecule has 33 heavy (non-hydrogen) atoms. The number of ether oxygens (including phenoxy) is 3. The lowest BCUT2D eigenvalue weighted by Crippen LogP contribution is -2.17. The molecule has 0 atom stereocenters. The first-order valence-corrected chi connectivity index (χ1v) is 11.5. The van der Waals surface area contributed by atoms with Crippen molar-refractivity contribution in [2.24, 2.45) is 5.10 Å². The van der Waals surface area contributed by atoms with E-state index in [0.29, 0.717) is 49.5 Å². The topological polar surface area (TPSA) is 69.2 Å². The first-order chi connectivity index (χ1) is 15.9. The minimum atomic E-state index is -0.355. The zero-order valence-electron chi connectivity index (χ0n) is 17.9. The highest BCUT2D eigenvalue weighted by Crippen LogP contribution is 2.34. The second kappa shape index (κ2) is 11.9. The average Bonchev–Trinajstić information content (AvgIpc) is 2.80. The van der Waals surface area contributed by atoms with Crippen molar-refractivity contribution < 1.29 is 19.0 Å². The van der Waals surface area contributed by atoms with E-state index in [1.165, 1.54) is 6.21 Å². The van der Waals surface area contributed by atoms with Gasteiger partial charge in [0.2, 0.25) is 0 Å².